The van der Waals surface area contributed by atoms with E-state index in [1.807, 2.05) is 38.1 Å². The minimum Gasteiger partial charge on any atom is -0.456 e. The molecule has 0 spiro atoms. The van der Waals surface area contributed by atoms with Gasteiger partial charge in [0, 0.05) is 18.5 Å². The number of aromatic nitrogens is 2. The van der Waals surface area contributed by atoms with E-state index in [-0.39, 0.29) is 24.5 Å². The van der Waals surface area contributed by atoms with Crippen molar-refractivity contribution in [3.8, 4) is 0 Å². The average molecular weight is 393 g/mol. The molecule has 0 unspecified atom stereocenters. The molecule has 1 aromatic heterocycles. The predicted molar refractivity (Wildman–Crippen MR) is 111 cm³/mol. The van der Waals surface area contributed by atoms with E-state index >= 15 is 0 Å². The molecule has 3 rings (SSSR count). The summed E-state index contributed by atoms with van der Waals surface area (Å²) in [6.07, 6.45) is 1.02. The first-order valence-electron chi connectivity index (χ1n) is 9.42. The van der Waals surface area contributed by atoms with E-state index in [9.17, 15) is 14.4 Å². The van der Waals surface area contributed by atoms with Crippen molar-refractivity contribution >= 4 is 28.5 Å². The summed E-state index contributed by atoms with van der Waals surface area (Å²) in [7, 11) is 0. The number of rotatable bonds is 7. The fraction of sp³-hybridized carbons (Fsp3) is 0.273. The Morgan fingerprint density at radius 1 is 1.10 bits per heavy atom. The number of nitrogens with zero attached hydrogens (tertiary/aromatic N) is 1. The first-order chi connectivity index (χ1) is 13.9. The number of carbonyl (C=O) groups is 2. The number of anilines is 1. The standard InChI is InChI=1S/C22H23N3O4/c1-14-10-15(2)12-16(11-14)23-20(26)13-29-21(27)9-5-8-19-24-18-7-4-3-6-17(18)22(28)25-19/h3-4,6-7,10-12H,5,8-9,13H2,1-2H3,(H,23,26)(H,24,25,28). The molecule has 0 aliphatic carbocycles. The van der Waals surface area contributed by atoms with Gasteiger partial charge < -0.3 is 15.0 Å². The van der Waals surface area contributed by atoms with Crippen LogP contribution in [0.15, 0.2) is 47.3 Å². The van der Waals surface area contributed by atoms with Crippen molar-refractivity contribution in [1.29, 1.82) is 0 Å². The summed E-state index contributed by atoms with van der Waals surface area (Å²) in [5.41, 5.74) is 3.18. The normalized spacial score (nSPS) is 10.7. The molecular formula is C22H23N3O4. The largest absolute Gasteiger partial charge is 0.456 e. The van der Waals surface area contributed by atoms with Crippen LogP contribution in [0.3, 0.4) is 0 Å². The lowest BCUT2D eigenvalue weighted by molar-refractivity contribution is -0.147. The molecule has 2 N–H and O–H groups in total. The monoisotopic (exact) mass is 393 g/mol. The second-order valence-electron chi connectivity index (χ2n) is 6.97. The number of aryl methyl sites for hydroxylation is 3. The predicted octanol–water partition coefficient (Wildman–Crippen LogP) is 3.04. The Bertz CT molecular complexity index is 1080. The Labute approximate surface area is 168 Å². The highest BCUT2D eigenvalue weighted by Gasteiger charge is 2.10. The van der Waals surface area contributed by atoms with Gasteiger partial charge in [0.05, 0.1) is 10.9 Å². The summed E-state index contributed by atoms with van der Waals surface area (Å²) in [5.74, 6) is -0.332. The fourth-order valence-electron chi connectivity index (χ4n) is 3.12. The van der Waals surface area contributed by atoms with Gasteiger partial charge in [-0.1, -0.05) is 18.2 Å². The van der Waals surface area contributed by atoms with Gasteiger partial charge in [-0.25, -0.2) is 4.98 Å². The van der Waals surface area contributed by atoms with Crippen LogP contribution in [0.4, 0.5) is 5.69 Å². The smallest absolute Gasteiger partial charge is 0.306 e. The number of ether oxygens (including phenoxy) is 1. The maximum absolute atomic E-state index is 12.0. The van der Waals surface area contributed by atoms with Gasteiger partial charge in [0.1, 0.15) is 5.82 Å². The van der Waals surface area contributed by atoms with Crippen molar-refractivity contribution in [2.24, 2.45) is 0 Å². The Morgan fingerprint density at radius 3 is 2.59 bits per heavy atom. The van der Waals surface area contributed by atoms with E-state index in [2.05, 4.69) is 15.3 Å². The highest BCUT2D eigenvalue weighted by Crippen LogP contribution is 2.13. The van der Waals surface area contributed by atoms with Crippen LogP contribution in [0.5, 0.6) is 0 Å². The van der Waals surface area contributed by atoms with E-state index in [1.165, 1.54) is 0 Å². The molecule has 3 aromatic rings. The third kappa shape index (κ3) is 5.75. The summed E-state index contributed by atoms with van der Waals surface area (Å²) in [4.78, 5) is 43.0. The zero-order chi connectivity index (χ0) is 20.8. The number of esters is 1. The number of para-hydroxylation sites is 1. The van der Waals surface area contributed by atoms with Crippen molar-refractivity contribution in [3.63, 3.8) is 0 Å². The third-order valence-electron chi connectivity index (χ3n) is 4.33. The highest BCUT2D eigenvalue weighted by atomic mass is 16.5. The second kappa shape index (κ2) is 9.14. The average Bonchev–Trinajstić information content (AvgIpc) is 2.66. The van der Waals surface area contributed by atoms with E-state index in [0.717, 1.165) is 11.1 Å². The first kappa shape index (κ1) is 20.3. The molecule has 0 aliphatic heterocycles. The molecular weight excluding hydrogens is 370 g/mol. The lowest BCUT2D eigenvalue weighted by Crippen LogP contribution is -2.21. The van der Waals surface area contributed by atoms with Crippen LogP contribution < -0.4 is 10.9 Å². The SMILES string of the molecule is Cc1cc(C)cc(NC(=O)COC(=O)CCCc2nc3ccccc3c(=O)[nH]2)c1. The second-order valence-corrected chi connectivity index (χ2v) is 6.97. The summed E-state index contributed by atoms with van der Waals surface area (Å²) >= 11 is 0. The van der Waals surface area contributed by atoms with Gasteiger partial charge in [-0.15, -0.1) is 0 Å². The van der Waals surface area contributed by atoms with Gasteiger partial charge in [0.25, 0.3) is 11.5 Å². The van der Waals surface area contributed by atoms with Gasteiger partial charge in [-0.2, -0.15) is 0 Å². The summed E-state index contributed by atoms with van der Waals surface area (Å²) in [6, 6.07) is 12.8. The zero-order valence-electron chi connectivity index (χ0n) is 16.5. The number of fused-ring (bicyclic) bond motifs is 1. The van der Waals surface area contributed by atoms with E-state index < -0.39 is 5.97 Å². The highest BCUT2D eigenvalue weighted by molar-refractivity contribution is 5.93. The van der Waals surface area contributed by atoms with Crippen molar-refractivity contribution in [1.82, 2.24) is 9.97 Å². The molecule has 7 heteroatoms. The molecule has 1 amide bonds. The maximum Gasteiger partial charge on any atom is 0.306 e. The van der Waals surface area contributed by atoms with Crippen LogP contribution in [0.1, 0.15) is 29.8 Å². The maximum atomic E-state index is 12.0. The lowest BCUT2D eigenvalue weighted by atomic mass is 10.1. The molecule has 1 heterocycles. The number of carbonyl (C=O) groups excluding carboxylic acids is 2. The number of aromatic amines is 1. The summed E-state index contributed by atoms with van der Waals surface area (Å²) < 4.78 is 5.03. The van der Waals surface area contributed by atoms with Gasteiger partial charge in [0.2, 0.25) is 0 Å². The molecule has 0 aliphatic rings. The van der Waals surface area contributed by atoms with Gasteiger partial charge in [0.15, 0.2) is 6.61 Å². The van der Waals surface area contributed by atoms with Crippen LogP contribution >= 0.6 is 0 Å². The van der Waals surface area contributed by atoms with Crippen LogP contribution in [-0.2, 0) is 20.7 Å². The third-order valence-corrected chi connectivity index (χ3v) is 4.33. The lowest BCUT2D eigenvalue weighted by Gasteiger charge is -2.08. The molecule has 29 heavy (non-hydrogen) atoms. The number of amides is 1. The number of benzene rings is 2. The van der Waals surface area contributed by atoms with Gasteiger partial charge in [-0.3, -0.25) is 14.4 Å². The fourth-order valence-corrected chi connectivity index (χ4v) is 3.12. The Hall–Kier alpha value is -3.48. The topological polar surface area (TPSA) is 101 Å². The number of hydrogen-bond acceptors (Lipinski definition) is 5. The van der Waals surface area contributed by atoms with Crippen LogP contribution in [0.25, 0.3) is 10.9 Å². The van der Waals surface area contributed by atoms with E-state index in [1.54, 1.807) is 18.2 Å². The summed E-state index contributed by atoms with van der Waals surface area (Å²) in [6.45, 7) is 3.55. The van der Waals surface area contributed by atoms with Crippen LogP contribution in [0.2, 0.25) is 0 Å². The number of H-pyrrole nitrogens is 1. The molecule has 0 saturated carbocycles. The van der Waals surface area contributed by atoms with E-state index in [0.29, 0.717) is 35.3 Å². The minimum atomic E-state index is -0.469. The molecule has 7 nitrogen and oxygen atoms in total. The Morgan fingerprint density at radius 2 is 1.83 bits per heavy atom. The molecule has 150 valence electrons. The molecule has 0 saturated heterocycles. The molecule has 0 atom stereocenters. The minimum absolute atomic E-state index is 0.132. The van der Waals surface area contributed by atoms with Crippen molar-refractivity contribution < 1.29 is 14.3 Å². The Kier molecular flexibility index (Phi) is 6.39. The van der Waals surface area contributed by atoms with Gasteiger partial charge >= 0.3 is 5.97 Å². The van der Waals surface area contributed by atoms with Crippen molar-refractivity contribution in [2.75, 3.05) is 11.9 Å². The van der Waals surface area contributed by atoms with Crippen LogP contribution in [0, 0.1) is 13.8 Å². The van der Waals surface area contributed by atoms with Crippen molar-refractivity contribution in [3.05, 3.63) is 69.8 Å². The van der Waals surface area contributed by atoms with Crippen molar-refractivity contribution in [2.45, 2.75) is 33.1 Å². The molecule has 2 aromatic carbocycles. The van der Waals surface area contributed by atoms with Crippen LogP contribution in [-0.4, -0.2) is 28.5 Å². The van der Waals surface area contributed by atoms with Gasteiger partial charge in [-0.05, 0) is 55.7 Å². The quantitative estimate of drug-likeness (QED) is 0.601. The zero-order valence-corrected chi connectivity index (χ0v) is 16.5. The number of hydrogen-bond donors (Lipinski definition) is 2. The Balaban J connectivity index is 1.44. The first-order valence-corrected chi connectivity index (χ1v) is 9.42. The molecule has 0 fully saturated rings. The molecule has 0 radical (unpaired) electrons. The number of nitrogens with one attached hydrogen (secondary N) is 2. The molecule has 0 bridgehead atoms. The van der Waals surface area contributed by atoms with E-state index in [4.69, 9.17) is 4.74 Å². The summed E-state index contributed by atoms with van der Waals surface area (Å²) in [5, 5.41) is 3.25.